The molecule has 0 bridgehead atoms. The first-order valence-corrected chi connectivity index (χ1v) is 13.5. The summed E-state index contributed by atoms with van der Waals surface area (Å²) >= 11 is 0. The van der Waals surface area contributed by atoms with E-state index in [4.69, 9.17) is 4.84 Å². The average Bonchev–Trinajstić information content (AvgIpc) is 3.35. The molecule has 4 fully saturated rings. The highest BCUT2D eigenvalue weighted by atomic mass is 16.7. The predicted molar refractivity (Wildman–Crippen MR) is 126 cm³/mol. The van der Waals surface area contributed by atoms with Crippen LogP contribution in [0, 0.1) is 46.3 Å². The third kappa shape index (κ3) is 3.68. The van der Waals surface area contributed by atoms with Gasteiger partial charge in [0.15, 0.2) is 0 Å². The molecule has 2 unspecified atom stereocenters. The van der Waals surface area contributed by atoms with Crippen molar-refractivity contribution in [1.29, 1.82) is 0 Å². The maximum atomic E-state index is 12.6. The lowest BCUT2D eigenvalue weighted by atomic mass is 9.47. The van der Waals surface area contributed by atoms with Crippen molar-refractivity contribution in [1.82, 2.24) is 5.06 Å². The quantitative estimate of drug-likeness (QED) is 0.563. The van der Waals surface area contributed by atoms with Crippen LogP contribution in [0.1, 0.15) is 91.9 Å². The van der Waals surface area contributed by atoms with Crippen LogP contribution in [0.15, 0.2) is 11.6 Å². The van der Waals surface area contributed by atoms with Gasteiger partial charge in [-0.3, -0.25) is 9.63 Å². The normalized spacial score (nSPS) is 46.8. The van der Waals surface area contributed by atoms with Gasteiger partial charge >= 0.3 is 0 Å². The molecule has 5 rings (SSSR count). The second-order valence-corrected chi connectivity index (χ2v) is 12.8. The second kappa shape index (κ2) is 8.41. The number of fused-ring (bicyclic) bond motifs is 5. The Kier molecular flexibility index (Phi) is 6.02. The fraction of sp³-hybridized carbons (Fsp3) is 0.893. The van der Waals surface area contributed by atoms with E-state index in [-0.39, 0.29) is 12.0 Å². The summed E-state index contributed by atoms with van der Waals surface area (Å²) in [6.45, 7) is 11.1. The summed E-state index contributed by atoms with van der Waals surface area (Å²) in [4.78, 5) is 18.2. The number of aliphatic hydroxyl groups is 1. The smallest absolute Gasteiger partial charge is 0.246 e. The van der Waals surface area contributed by atoms with Crippen LogP contribution < -0.4 is 0 Å². The number of aliphatic hydroxyl groups excluding tert-OH is 1. The highest BCUT2D eigenvalue weighted by Crippen LogP contribution is 2.67. The number of hydrogen-bond acceptors (Lipinski definition) is 3. The van der Waals surface area contributed by atoms with E-state index >= 15 is 0 Å². The zero-order chi connectivity index (χ0) is 22.7. The molecule has 0 aromatic carbocycles. The van der Waals surface area contributed by atoms with Crippen molar-refractivity contribution >= 4 is 5.91 Å². The van der Waals surface area contributed by atoms with Crippen molar-refractivity contribution in [2.75, 3.05) is 13.2 Å². The minimum atomic E-state index is -0.117. The molecule has 4 nitrogen and oxygen atoms in total. The molecule has 4 heteroatoms. The molecule has 3 saturated carbocycles. The largest absolute Gasteiger partial charge is 0.393 e. The highest BCUT2D eigenvalue weighted by molar-refractivity contribution is 5.75. The molecule has 0 aromatic rings. The van der Waals surface area contributed by atoms with Gasteiger partial charge in [-0.05, 0) is 98.2 Å². The van der Waals surface area contributed by atoms with E-state index in [1.807, 2.05) is 0 Å². The first-order valence-electron chi connectivity index (χ1n) is 13.5. The van der Waals surface area contributed by atoms with E-state index in [1.165, 1.54) is 38.5 Å². The van der Waals surface area contributed by atoms with Gasteiger partial charge in [0.2, 0.25) is 5.91 Å². The summed E-state index contributed by atoms with van der Waals surface area (Å²) in [5.41, 5.74) is 2.32. The monoisotopic (exact) mass is 443 g/mol. The number of carbonyl (C=O) groups is 1. The summed E-state index contributed by atoms with van der Waals surface area (Å²) in [6.07, 6.45) is 13.7. The SMILES string of the molecule is CC1CON(C(=O)CCC(C)[C@H]2CC[C@H]3[C@@H]4CC=C5C[C@@H](O)CC[C@]5(C)[C@H]4CC[C@]23C)C1. The van der Waals surface area contributed by atoms with Gasteiger partial charge < -0.3 is 5.11 Å². The molecule has 0 radical (unpaired) electrons. The Hall–Kier alpha value is -0.870. The Morgan fingerprint density at radius 2 is 2.03 bits per heavy atom. The standard InChI is InChI=1S/C28H45NO3/c1-18-16-29(32-17-18)26(31)10-5-19(2)23-8-9-24-22-7-6-20-15-21(30)11-13-27(20,3)25(22)12-14-28(23,24)4/h6,18-19,21-25,30H,5,7-17H2,1-4H3/t18?,19?,21-,22-,23+,24-,25-,27-,28+/m0/s1. The Labute approximate surface area is 195 Å². The molecule has 1 N–H and O–H groups in total. The molecule has 0 aromatic heterocycles. The molecule has 1 amide bonds. The van der Waals surface area contributed by atoms with Crippen LogP contribution >= 0.6 is 0 Å². The summed E-state index contributed by atoms with van der Waals surface area (Å²) < 4.78 is 0. The minimum Gasteiger partial charge on any atom is -0.393 e. The highest BCUT2D eigenvalue weighted by Gasteiger charge is 2.59. The Balaban J connectivity index is 1.25. The number of allylic oxidation sites excluding steroid dienone is 1. The summed E-state index contributed by atoms with van der Waals surface area (Å²) in [7, 11) is 0. The van der Waals surface area contributed by atoms with E-state index in [2.05, 4.69) is 33.8 Å². The van der Waals surface area contributed by atoms with Gasteiger partial charge in [0.05, 0.1) is 19.3 Å². The molecule has 0 spiro atoms. The lowest BCUT2D eigenvalue weighted by Gasteiger charge is -2.58. The van der Waals surface area contributed by atoms with Crippen molar-refractivity contribution < 1.29 is 14.7 Å². The van der Waals surface area contributed by atoms with Crippen LogP contribution in [0.2, 0.25) is 0 Å². The molecule has 5 aliphatic rings. The maximum Gasteiger partial charge on any atom is 0.246 e. The molecular weight excluding hydrogens is 398 g/mol. The molecule has 4 aliphatic carbocycles. The van der Waals surface area contributed by atoms with Gasteiger partial charge in [0.1, 0.15) is 0 Å². The second-order valence-electron chi connectivity index (χ2n) is 12.8. The van der Waals surface area contributed by atoms with Crippen LogP contribution in [0.25, 0.3) is 0 Å². The third-order valence-corrected chi connectivity index (χ3v) is 10.9. The lowest BCUT2D eigenvalue weighted by Crippen LogP contribution is -2.50. The van der Waals surface area contributed by atoms with Gasteiger partial charge in [-0.15, -0.1) is 0 Å². The number of hydroxylamine groups is 2. The van der Waals surface area contributed by atoms with Crippen LogP contribution in [0.4, 0.5) is 0 Å². The van der Waals surface area contributed by atoms with Crippen LogP contribution in [-0.2, 0) is 9.63 Å². The zero-order valence-corrected chi connectivity index (χ0v) is 20.8. The average molecular weight is 444 g/mol. The molecule has 1 saturated heterocycles. The Morgan fingerprint density at radius 3 is 2.78 bits per heavy atom. The molecule has 32 heavy (non-hydrogen) atoms. The van der Waals surface area contributed by atoms with Gasteiger partial charge in [-0.2, -0.15) is 0 Å². The number of carbonyl (C=O) groups excluding carboxylic acids is 1. The van der Waals surface area contributed by atoms with Crippen molar-refractivity contribution in [2.45, 2.75) is 98.0 Å². The first kappa shape index (κ1) is 22.9. The summed E-state index contributed by atoms with van der Waals surface area (Å²) in [5.74, 6) is 4.43. The van der Waals surface area contributed by atoms with Crippen LogP contribution in [0.5, 0.6) is 0 Å². The molecule has 1 aliphatic heterocycles. The fourth-order valence-corrected chi connectivity index (χ4v) is 9.07. The number of nitrogens with zero attached hydrogens (tertiary/aromatic N) is 1. The van der Waals surface area contributed by atoms with Crippen LogP contribution in [0.3, 0.4) is 0 Å². The number of rotatable bonds is 4. The summed E-state index contributed by atoms with van der Waals surface area (Å²) in [5, 5.41) is 11.9. The summed E-state index contributed by atoms with van der Waals surface area (Å²) in [6, 6.07) is 0. The van der Waals surface area contributed by atoms with E-state index in [0.29, 0.717) is 35.7 Å². The Morgan fingerprint density at radius 1 is 1.22 bits per heavy atom. The van der Waals surface area contributed by atoms with Crippen molar-refractivity contribution in [2.24, 2.45) is 46.3 Å². The number of hydrogen-bond donors (Lipinski definition) is 1. The topological polar surface area (TPSA) is 49.8 Å². The predicted octanol–water partition coefficient (Wildman–Crippen LogP) is 5.75. The third-order valence-electron chi connectivity index (χ3n) is 10.9. The minimum absolute atomic E-state index is 0.117. The van der Waals surface area contributed by atoms with Crippen molar-refractivity contribution in [3.05, 3.63) is 11.6 Å². The van der Waals surface area contributed by atoms with Gasteiger partial charge in [0, 0.05) is 12.3 Å². The molecule has 180 valence electrons. The van der Waals surface area contributed by atoms with Gasteiger partial charge in [0.25, 0.3) is 0 Å². The maximum absolute atomic E-state index is 12.6. The van der Waals surface area contributed by atoms with E-state index < -0.39 is 0 Å². The fourth-order valence-electron chi connectivity index (χ4n) is 9.07. The molecule has 1 heterocycles. The van der Waals surface area contributed by atoms with E-state index in [1.54, 1.807) is 10.6 Å². The van der Waals surface area contributed by atoms with Crippen LogP contribution in [-0.4, -0.2) is 35.3 Å². The zero-order valence-electron chi connectivity index (χ0n) is 20.8. The molecular formula is C28H45NO3. The van der Waals surface area contributed by atoms with Crippen molar-refractivity contribution in [3.63, 3.8) is 0 Å². The first-order chi connectivity index (χ1) is 15.2. The molecule has 9 atom stereocenters. The van der Waals surface area contributed by atoms with Gasteiger partial charge in [-0.1, -0.05) is 39.3 Å². The van der Waals surface area contributed by atoms with E-state index in [9.17, 15) is 9.90 Å². The lowest BCUT2D eigenvalue weighted by molar-refractivity contribution is -0.169. The van der Waals surface area contributed by atoms with E-state index in [0.717, 1.165) is 49.5 Å². The Bertz CT molecular complexity index is 764. The number of amides is 1. The van der Waals surface area contributed by atoms with Gasteiger partial charge in [-0.25, -0.2) is 5.06 Å². The van der Waals surface area contributed by atoms with Crippen molar-refractivity contribution in [3.8, 4) is 0 Å².